The zero-order chi connectivity index (χ0) is 10.0. The van der Waals surface area contributed by atoms with Gasteiger partial charge in [0.05, 0.1) is 0 Å². The molecule has 2 rings (SSSR count). The van der Waals surface area contributed by atoms with Gasteiger partial charge in [0.25, 0.3) is 0 Å². The van der Waals surface area contributed by atoms with E-state index in [1.54, 1.807) is 0 Å². The molecule has 1 N–H and O–H groups in total. The minimum Gasteiger partial charge on any atom is -0.307 e. The van der Waals surface area contributed by atoms with Gasteiger partial charge in [0.1, 0.15) is 0 Å². The van der Waals surface area contributed by atoms with Crippen LogP contribution >= 0.6 is 0 Å². The van der Waals surface area contributed by atoms with E-state index >= 15 is 0 Å². The molecular weight excluding hydrogens is 170 g/mol. The standard InChI is InChI=1S/C13H19N/c1-3-13(4-2)12-8-6-5-7-11(12)9-10-14-13/h5-8,14H,3-4,9-10H2,1-2H3. The van der Waals surface area contributed by atoms with Crippen LogP contribution in [-0.4, -0.2) is 6.54 Å². The van der Waals surface area contributed by atoms with Crippen molar-refractivity contribution >= 4 is 0 Å². The van der Waals surface area contributed by atoms with Crippen LogP contribution in [0.4, 0.5) is 0 Å². The smallest absolute Gasteiger partial charge is 0.0432 e. The van der Waals surface area contributed by atoms with Crippen LogP contribution in [0.5, 0.6) is 0 Å². The fourth-order valence-electron chi connectivity index (χ4n) is 2.62. The highest BCUT2D eigenvalue weighted by molar-refractivity contribution is 5.36. The number of hydrogen-bond donors (Lipinski definition) is 1. The maximum absolute atomic E-state index is 3.69. The Labute approximate surface area is 86.5 Å². The summed E-state index contributed by atoms with van der Waals surface area (Å²) in [6.07, 6.45) is 3.54. The molecule has 0 aromatic heterocycles. The summed E-state index contributed by atoms with van der Waals surface area (Å²) in [6, 6.07) is 8.87. The van der Waals surface area contributed by atoms with Crippen LogP contribution in [0.3, 0.4) is 0 Å². The number of benzene rings is 1. The van der Waals surface area contributed by atoms with Crippen molar-refractivity contribution in [1.82, 2.24) is 5.32 Å². The van der Waals surface area contributed by atoms with Gasteiger partial charge in [-0.3, -0.25) is 0 Å². The van der Waals surface area contributed by atoms with Crippen LogP contribution in [0, 0.1) is 0 Å². The second kappa shape index (κ2) is 3.74. The Hall–Kier alpha value is -0.820. The lowest BCUT2D eigenvalue weighted by atomic mass is 9.79. The Morgan fingerprint density at radius 3 is 2.64 bits per heavy atom. The molecule has 0 atom stereocenters. The summed E-state index contributed by atoms with van der Waals surface area (Å²) in [4.78, 5) is 0. The first-order valence-corrected chi connectivity index (χ1v) is 5.66. The van der Waals surface area contributed by atoms with E-state index in [1.165, 1.54) is 30.4 Å². The van der Waals surface area contributed by atoms with Crippen LogP contribution in [0.1, 0.15) is 37.8 Å². The van der Waals surface area contributed by atoms with Gasteiger partial charge in [0.2, 0.25) is 0 Å². The third-order valence-corrected chi connectivity index (χ3v) is 3.60. The van der Waals surface area contributed by atoms with Crippen molar-refractivity contribution in [2.75, 3.05) is 6.54 Å². The van der Waals surface area contributed by atoms with E-state index in [0.29, 0.717) is 0 Å². The number of fused-ring (bicyclic) bond motifs is 1. The monoisotopic (exact) mass is 189 g/mol. The Kier molecular flexibility index (Phi) is 2.60. The average Bonchev–Trinajstić information content (AvgIpc) is 2.28. The molecule has 0 spiro atoms. The van der Waals surface area contributed by atoms with Gasteiger partial charge in [-0.1, -0.05) is 38.1 Å². The van der Waals surface area contributed by atoms with Gasteiger partial charge in [-0.05, 0) is 30.4 Å². The summed E-state index contributed by atoms with van der Waals surface area (Å²) in [5.74, 6) is 0. The van der Waals surface area contributed by atoms with E-state index in [-0.39, 0.29) is 5.54 Å². The maximum atomic E-state index is 3.69. The summed E-state index contributed by atoms with van der Waals surface area (Å²) in [5, 5.41) is 3.69. The molecule has 0 unspecified atom stereocenters. The molecule has 14 heavy (non-hydrogen) atoms. The zero-order valence-electron chi connectivity index (χ0n) is 9.14. The highest BCUT2D eigenvalue weighted by atomic mass is 15.0. The third kappa shape index (κ3) is 1.36. The summed E-state index contributed by atoms with van der Waals surface area (Å²) in [5.41, 5.74) is 3.31. The number of hydrogen-bond acceptors (Lipinski definition) is 1. The minimum atomic E-state index is 0.245. The maximum Gasteiger partial charge on any atom is 0.0432 e. The second-order valence-electron chi connectivity index (χ2n) is 4.12. The molecule has 0 saturated carbocycles. The molecule has 1 aromatic carbocycles. The van der Waals surface area contributed by atoms with Crippen LogP contribution in [0.25, 0.3) is 0 Å². The summed E-state index contributed by atoms with van der Waals surface area (Å²) >= 11 is 0. The van der Waals surface area contributed by atoms with E-state index in [9.17, 15) is 0 Å². The Bertz CT molecular complexity index is 313. The third-order valence-electron chi connectivity index (χ3n) is 3.60. The molecule has 1 aliphatic rings. The van der Waals surface area contributed by atoms with Gasteiger partial charge >= 0.3 is 0 Å². The molecule has 0 bridgehead atoms. The van der Waals surface area contributed by atoms with Gasteiger partial charge < -0.3 is 5.32 Å². The Morgan fingerprint density at radius 1 is 1.21 bits per heavy atom. The van der Waals surface area contributed by atoms with E-state index in [0.717, 1.165) is 6.54 Å². The van der Waals surface area contributed by atoms with Crippen molar-refractivity contribution in [2.45, 2.75) is 38.6 Å². The number of rotatable bonds is 2. The molecule has 1 nitrogen and oxygen atoms in total. The van der Waals surface area contributed by atoms with E-state index in [4.69, 9.17) is 0 Å². The van der Waals surface area contributed by atoms with Gasteiger partial charge in [0.15, 0.2) is 0 Å². The SMILES string of the molecule is CCC1(CC)NCCc2ccccc21. The molecule has 76 valence electrons. The predicted molar refractivity (Wildman–Crippen MR) is 60.4 cm³/mol. The minimum absolute atomic E-state index is 0.245. The summed E-state index contributed by atoms with van der Waals surface area (Å²) < 4.78 is 0. The quantitative estimate of drug-likeness (QED) is 0.754. The van der Waals surface area contributed by atoms with Crippen molar-refractivity contribution in [3.63, 3.8) is 0 Å². The first-order valence-electron chi connectivity index (χ1n) is 5.66. The molecular formula is C13H19N. The molecule has 0 aliphatic carbocycles. The topological polar surface area (TPSA) is 12.0 Å². The van der Waals surface area contributed by atoms with Crippen LogP contribution < -0.4 is 5.32 Å². The largest absolute Gasteiger partial charge is 0.307 e. The lowest BCUT2D eigenvalue weighted by molar-refractivity contribution is 0.293. The molecule has 0 saturated heterocycles. The highest BCUT2D eigenvalue weighted by Crippen LogP contribution is 2.33. The van der Waals surface area contributed by atoms with Crippen molar-refractivity contribution in [3.05, 3.63) is 35.4 Å². The lowest BCUT2D eigenvalue weighted by Crippen LogP contribution is -2.46. The van der Waals surface area contributed by atoms with E-state index in [2.05, 4.69) is 43.4 Å². The first-order chi connectivity index (χ1) is 6.82. The fourth-order valence-corrected chi connectivity index (χ4v) is 2.62. The van der Waals surface area contributed by atoms with Gasteiger partial charge in [-0.15, -0.1) is 0 Å². The van der Waals surface area contributed by atoms with Crippen molar-refractivity contribution < 1.29 is 0 Å². The molecule has 0 fully saturated rings. The van der Waals surface area contributed by atoms with Crippen molar-refractivity contribution in [3.8, 4) is 0 Å². The number of nitrogens with one attached hydrogen (secondary N) is 1. The van der Waals surface area contributed by atoms with Gasteiger partial charge in [-0.2, -0.15) is 0 Å². The lowest BCUT2D eigenvalue weighted by Gasteiger charge is -2.39. The van der Waals surface area contributed by atoms with Gasteiger partial charge in [-0.25, -0.2) is 0 Å². The molecule has 1 heterocycles. The average molecular weight is 189 g/mol. The highest BCUT2D eigenvalue weighted by Gasteiger charge is 2.32. The fraction of sp³-hybridized carbons (Fsp3) is 0.538. The molecule has 0 radical (unpaired) electrons. The second-order valence-corrected chi connectivity index (χ2v) is 4.12. The Balaban J connectivity index is 2.48. The van der Waals surface area contributed by atoms with Crippen molar-refractivity contribution in [1.29, 1.82) is 0 Å². The summed E-state index contributed by atoms with van der Waals surface area (Å²) in [7, 11) is 0. The van der Waals surface area contributed by atoms with Crippen LogP contribution in [-0.2, 0) is 12.0 Å². The normalized spacial score (nSPS) is 19.0. The molecule has 1 aliphatic heterocycles. The molecule has 1 heteroatoms. The van der Waals surface area contributed by atoms with Gasteiger partial charge in [0, 0.05) is 12.1 Å². The zero-order valence-corrected chi connectivity index (χ0v) is 9.14. The van der Waals surface area contributed by atoms with Crippen LogP contribution in [0.2, 0.25) is 0 Å². The first kappa shape index (κ1) is 9.72. The summed E-state index contributed by atoms with van der Waals surface area (Å²) in [6.45, 7) is 5.68. The molecule has 0 amide bonds. The van der Waals surface area contributed by atoms with E-state index < -0.39 is 0 Å². The van der Waals surface area contributed by atoms with Crippen molar-refractivity contribution in [2.24, 2.45) is 0 Å². The predicted octanol–water partition coefficient (Wildman–Crippen LogP) is 2.85. The molecule has 1 aromatic rings. The Morgan fingerprint density at radius 2 is 1.93 bits per heavy atom. The van der Waals surface area contributed by atoms with E-state index in [1.807, 2.05) is 0 Å². The van der Waals surface area contributed by atoms with Crippen LogP contribution in [0.15, 0.2) is 24.3 Å².